The first-order chi connectivity index (χ1) is 10.9. The SMILES string of the molecule is C[C@H](NS(=O)(=O)c1ccc2[nH]c(=O)[nH]c2c1)[C@H]1C[C@H]2CC[C@H]1C2. The number of fused-ring (bicyclic) bond motifs is 3. The molecule has 2 bridgehead atoms. The van der Waals surface area contributed by atoms with Crippen LogP contribution in [-0.2, 0) is 10.0 Å². The highest BCUT2D eigenvalue weighted by Crippen LogP contribution is 2.49. The second-order valence-electron chi connectivity index (χ2n) is 7.04. The van der Waals surface area contributed by atoms with Crippen LogP contribution in [0.2, 0.25) is 0 Å². The highest BCUT2D eigenvalue weighted by atomic mass is 32.2. The quantitative estimate of drug-likeness (QED) is 0.797. The zero-order valence-electron chi connectivity index (χ0n) is 13.0. The van der Waals surface area contributed by atoms with Crippen molar-refractivity contribution in [1.82, 2.24) is 14.7 Å². The Balaban J connectivity index is 1.57. The van der Waals surface area contributed by atoms with E-state index in [1.54, 1.807) is 6.07 Å². The first-order valence-corrected chi connectivity index (χ1v) is 9.65. The van der Waals surface area contributed by atoms with Crippen LogP contribution < -0.4 is 10.4 Å². The lowest BCUT2D eigenvalue weighted by Gasteiger charge is -2.28. The van der Waals surface area contributed by atoms with E-state index in [1.807, 2.05) is 6.92 Å². The van der Waals surface area contributed by atoms with Crippen molar-refractivity contribution in [3.05, 3.63) is 28.7 Å². The lowest BCUT2D eigenvalue weighted by molar-refractivity contribution is 0.280. The zero-order chi connectivity index (χ0) is 16.2. The van der Waals surface area contributed by atoms with Crippen LogP contribution in [0.4, 0.5) is 0 Å². The van der Waals surface area contributed by atoms with Crippen molar-refractivity contribution >= 4 is 21.1 Å². The van der Waals surface area contributed by atoms with Crippen molar-refractivity contribution in [3.8, 4) is 0 Å². The van der Waals surface area contributed by atoms with E-state index < -0.39 is 10.0 Å². The maximum absolute atomic E-state index is 12.6. The monoisotopic (exact) mass is 335 g/mol. The highest BCUT2D eigenvalue weighted by Gasteiger charge is 2.42. The van der Waals surface area contributed by atoms with Crippen molar-refractivity contribution in [2.45, 2.75) is 43.5 Å². The summed E-state index contributed by atoms with van der Waals surface area (Å²) in [4.78, 5) is 16.7. The summed E-state index contributed by atoms with van der Waals surface area (Å²) in [7, 11) is -3.58. The number of H-pyrrole nitrogens is 2. The number of aromatic nitrogens is 2. The normalized spacial score (nSPS) is 28.5. The Hall–Kier alpha value is -1.60. The molecule has 0 radical (unpaired) electrons. The summed E-state index contributed by atoms with van der Waals surface area (Å²) in [6, 6.07) is 4.59. The molecular weight excluding hydrogens is 314 g/mol. The standard InChI is InChI=1S/C16H21N3O3S/c1-9(13-7-10-2-3-11(13)6-10)19-23(21,22)12-4-5-14-15(8-12)18-16(20)17-14/h4-5,8-11,13,19H,2-3,6-7H2,1H3,(H2,17,18,20)/t9-,10-,11-,13+/m0/s1. The van der Waals surface area contributed by atoms with Crippen LogP contribution in [0, 0.1) is 17.8 Å². The largest absolute Gasteiger partial charge is 0.323 e. The van der Waals surface area contributed by atoms with Crippen molar-refractivity contribution in [2.24, 2.45) is 17.8 Å². The Morgan fingerprint density at radius 1 is 1.17 bits per heavy atom. The molecule has 0 spiro atoms. The molecule has 7 heteroatoms. The maximum Gasteiger partial charge on any atom is 0.323 e. The minimum atomic E-state index is -3.58. The fraction of sp³-hybridized carbons (Fsp3) is 0.562. The van der Waals surface area contributed by atoms with E-state index in [-0.39, 0.29) is 16.6 Å². The van der Waals surface area contributed by atoms with Crippen LogP contribution in [0.25, 0.3) is 11.0 Å². The van der Waals surface area contributed by atoms with Crippen LogP contribution in [0.15, 0.2) is 27.9 Å². The molecule has 2 fully saturated rings. The first-order valence-electron chi connectivity index (χ1n) is 8.17. The fourth-order valence-corrected chi connectivity index (χ4v) is 5.81. The van der Waals surface area contributed by atoms with Gasteiger partial charge in [0.2, 0.25) is 10.0 Å². The molecule has 0 amide bonds. The van der Waals surface area contributed by atoms with Crippen molar-refractivity contribution in [2.75, 3.05) is 0 Å². The van der Waals surface area contributed by atoms with Gasteiger partial charge in [-0.2, -0.15) is 0 Å². The predicted octanol–water partition coefficient (Wildman–Crippen LogP) is 1.96. The molecule has 4 atom stereocenters. The van der Waals surface area contributed by atoms with Crippen LogP contribution in [0.3, 0.4) is 0 Å². The Kier molecular flexibility index (Phi) is 3.39. The second-order valence-corrected chi connectivity index (χ2v) is 8.75. The molecule has 3 N–H and O–H groups in total. The smallest absolute Gasteiger partial charge is 0.306 e. The van der Waals surface area contributed by atoms with E-state index in [1.165, 1.54) is 31.4 Å². The van der Waals surface area contributed by atoms with Gasteiger partial charge in [0.1, 0.15) is 0 Å². The molecule has 2 aliphatic rings. The fourth-order valence-electron chi connectivity index (χ4n) is 4.49. The summed E-state index contributed by atoms with van der Waals surface area (Å²) in [5, 5.41) is 0. The highest BCUT2D eigenvalue weighted by molar-refractivity contribution is 7.89. The Labute approximate surface area is 134 Å². The molecular formula is C16H21N3O3S. The molecule has 1 heterocycles. The van der Waals surface area contributed by atoms with Gasteiger partial charge in [0.15, 0.2) is 0 Å². The summed E-state index contributed by atoms with van der Waals surface area (Å²) in [5.74, 6) is 1.90. The average molecular weight is 335 g/mol. The number of benzene rings is 1. The molecule has 2 aromatic rings. The van der Waals surface area contributed by atoms with E-state index in [9.17, 15) is 13.2 Å². The molecule has 0 saturated heterocycles. The minimum Gasteiger partial charge on any atom is -0.306 e. The van der Waals surface area contributed by atoms with Gasteiger partial charge in [-0.1, -0.05) is 6.42 Å². The molecule has 1 aromatic carbocycles. The van der Waals surface area contributed by atoms with Gasteiger partial charge >= 0.3 is 5.69 Å². The maximum atomic E-state index is 12.6. The van der Waals surface area contributed by atoms with E-state index in [4.69, 9.17) is 0 Å². The van der Waals surface area contributed by atoms with Gasteiger partial charge in [-0.25, -0.2) is 17.9 Å². The van der Waals surface area contributed by atoms with Gasteiger partial charge in [-0.15, -0.1) is 0 Å². The summed E-state index contributed by atoms with van der Waals surface area (Å²) in [6.45, 7) is 1.97. The first kappa shape index (κ1) is 15.0. The van der Waals surface area contributed by atoms with Gasteiger partial charge < -0.3 is 9.97 Å². The summed E-state index contributed by atoms with van der Waals surface area (Å²) in [6.07, 6.45) is 4.93. The number of hydrogen-bond acceptors (Lipinski definition) is 3. The van der Waals surface area contributed by atoms with Gasteiger partial charge in [-0.05, 0) is 62.1 Å². The molecule has 0 aliphatic heterocycles. The summed E-state index contributed by atoms with van der Waals surface area (Å²) < 4.78 is 28.1. The van der Waals surface area contributed by atoms with Gasteiger partial charge in [-0.3, -0.25) is 0 Å². The van der Waals surface area contributed by atoms with Crippen LogP contribution in [0.5, 0.6) is 0 Å². The van der Waals surface area contributed by atoms with Gasteiger partial charge in [0, 0.05) is 6.04 Å². The Morgan fingerprint density at radius 3 is 2.65 bits per heavy atom. The van der Waals surface area contributed by atoms with Gasteiger partial charge in [0.05, 0.1) is 15.9 Å². The number of rotatable bonds is 4. The molecule has 0 unspecified atom stereocenters. The van der Waals surface area contributed by atoms with Crippen LogP contribution in [0.1, 0.15) is 32.6 Å². The molecule has 6 nitrogen and oxygen atoms in total. The third-order valence-electron chi connectivity index (χ3n) is 5.57. The molecule has 23 heavy (non-hydrogen) atoms. The van der Waals surface area contributed by atoms with Gasteiger partial charge in [0.25, 0.3) is 0 Å². The summed E-state index contributed by atoms with van der Waals surface area (Å²) >= 11 is 0. The third-order valence-corrected chi connectivity index (χ3v) is 7.13. The minimum absolute atomic E-state index is 0.0590. The summed E-state index contributed by atoms with van der Waals surface area (Å²) in [5.41, 5.74) is 0.776. The van der Waals surface area contributed by atoms with Crippen LogP contribution in [-0.4, -0.2) is 24.4 Å². The molecule has 1 aromatic heterocycles. The van der Waals surface area contributed by atoms with Crippen molar-refractivity contribution in [1.29, 1.82) is 0 Å². The molecule has 4 rings (SSSR count). The van der Waals surface area contributed by atoms with E-state index in [2.05, 4.69) is 14.7 Å². The second kappa shape index (κ2) is 5.21. The average Bonchev–Trinajstić information content (AvgIpc) is 3.19. The van der Waals surface area contributed by atoms with E-state index in [0.717, 1.165) is 12.3 Å². The Bertz CT molecular complexity index is 899. The van der Waals surface area contributed by atoms with E-state index in [0.29, 0.717) is 22.9 Å². The number of hydrogen-bond donors (Lipinski definition) is 3. The molecule has 2 aliphatic carbocycles. The molecule has 2 saturated carbocycles. The molecule has 124 valence electrons. The zero-order valence-corrected chi connectivity index (χ0v) is 13.8. The van der Waals surface area contributed by atoms with Crippen LogP contribution >= 0.6 is 0 Å². The lowest BCUT2D eigenvalue weighted by atomic mass is 9.84. The number of aromatic amines is 2. The number of sulfonamides is 1. The third kappa shape index (κ3) is 2.61. The lowest BCUT2D eigenvalue weighted by Crippen LogP contribution is -2.40. The number of nitrogens with one attached hydrogen (secondary N) is 3. The number of imidazole rings is 1. The van der Waals surface area contributed by atoms with Crippen molar-refractivity contribution < 1.29 is 8.42 Å². The predicted molar refractivity (Wildman–Crippen MR) is 87.6 cm³/mol. The van der Waals surface area contributed by atoms with Crippen molar-refractivity contribution in [3.63, 3.8) is 0 Å². The Morgan fingerprint density at radius 2 is 1.96 bits per heavy atom. The topological polar surface area (TPSA) is 94.8 Å². The van der Waals surface area contributed by atoms with E-state index >= 15 is 0 Å².